The zero-order valence-corrected chi connectivity index (χ0v) is 20.9. The lowest BCUT2D eigenvalue weighted by atomic mass is 10.1. The van der Waals surface area contributed by atoms with Crippen LogP contribution in [0.2, 0.25) is 0 Å². The number of carboxylic acids is 1. The molecule has 10 nitrogen and oxygen atoms in total. The van der Waals surface area contributed by atoms with Gasteiger partial charge >= 0.3 is 5.97 Å². The van der Waals surface area contributed by atoms with Crippen molar-refractivity contribution in [1.29, 1.82) is 0 Å². The van der Waals surface area contributed by atoms with Gasteiger partial charge < -0.3 is 30.1 Å². The topological polar surface area (TPSA) is 126 Å². The number of hydrogen-bond acceptors (Lipinski definition) is 8. The number of carbonyl (C=O) groups is 2. The van der Waals surface area contributed by atoms with Gasteiger partial charge in [-0.15, -0.1) is 0 Å². The molecular formula is C26H35N5O5. The molecule has 3 aliphatic heterocycles. The molecule has 0 aliphatic carbocycles. The van der Waals surface area contributed by atoms with Crippen LogP contribution in [0.15, 0.2) is 30.6 Å². The van der Waals surface area contributed by atoms with Gasteiger partial charge in [-0.2, -0.15) is 0 Å². The zero-order chi connectivity index (χ0) is 25.5. The Hall–Kier alpha value is -3.24. The molecule has 5 rings (SSSR count). The summed E-state index contributed by atoms with van der Waals surface area (Å²) in [5.74, 6) is 0.433. The van der Waals surface area contributed by atoms with Gasteiger partial charge in [0.15, 0.2) is 0 Å². The molecule has 4 heterocycles. The summed E-state index contributed by atoms with van der Waals surface area (Å²) in [5.41, 5.74) is 3.12. The summed E-state index contributed by atoms with van der Waals surface area (Å²) in [6, 6.07) is 7.96. The molecule has 1 atom stereocenters. The van der Waals surface area contributed by atoms with Crippen LogP contribution in [0.4, 0.5) is 17.2 Å². The molecule has 2 saturated heterocycles. The maximum Gasteiger partial charge on any atom is 0.305 e. The van der Waals surface area contributed by atoms with E-state index in [4.69, 9.17) is 14.6 Å². The molecule has 1 amide bonds. The van der Waals surface area contributed by atoms with Gasteiger partial charge in [-0.05, 0) is 69.0 Å². The molecule has 194 valence electrons. The number of nitrogens with one attached hydrogen (secondary N) is 2. The Labute approximate surface area is 211 Å². The summed E-state index contributed by atoms with van der Waals surface area (Å²) in [4.78, 5) is 33.0. The van der Waals surface area contributed by atoms with Crippen LogP contribution in [0.3, 0.4) is 0 Å². The number of anilines is 3. The van der Waals surface area contributed by atoms with Crippen molar-refractivity contribution in [2.24, 2.45) is 5.92 Å². The minimum Gasteiger partial charge on any atom is -0.481 e. The molecule has 0 saturated carbocycles. The summed E-state index contributed by atoms with van der Waals surface area (Å²) in [7, 11) is 0. The van der Waals surface area contributed by atoms with E-state index in [2.05, 4.69) is 31.6 Å². The van der Waals surface area contributed by atoms with Crippen LogP contribution in [-0.4, -0.2) is 65.4 Å². The summed E-state index contributed by atoms with van der Waals surface area (Å²) in [5, 5.41) is 14.3. The van der Waals surface area contributed by atoms with Gasteiger partial charge in [-0.3, -0.25) is 9.59 Å². The third kappa shape index (κ3) is 6.70. The number of rotatable bonds is 6. The molecule has 10 heteroatoms. The Balaban J connectivity index is 0.000000455. The van der Waals surface area contributed by atoms with Crippen molar-refractivity contribution in [3.05, 3.63) is 36.2 Å². The van der Waals surface area contributed by atoms with Crippen molar-refractivity contribution in [1.82, 2.24) is 15.3 Å². The molecule has 3 aliphatic rings. The lowest BCUT2D eigenvalue weighted by molar-refractivity contribution is -0.140. The summed E-state index contributed by atoms with van der Waals surface area (Å²) < 4.78 is 11.5. The zero-order valence-electron chi connectivity index (χ0n) is 20.9. The third-order valence-corrected chi connectivity index (χ3v) is 6.44. The summed E-state index contributed by atoms with van der Waals surface area (Å²) >= 11 is 0. The van der Waals surface area contributed by atoms with Crippen molar-refractivity contribution >= 4 is 29.1 Å². The quantitative estimate of drug-likeness (QED) is 0.552. The molecule has 2 fully saturated rings. The number of carboxylic acid groups (broad SMARTS) is 1. The van der Waals surface area contributed by atoms with Gasteiger partial charge in [0.2, 0.25) is 5.88 Å². The number of carbonyl (C=O) groups excluding carboxylic acids is 1. The van der Waals surface area contributed by atoms with E-state index in [0.717, 1.165) is 68.9 Å². The van der Waals surface area contributed by atoms with Crippen LogP contribution in [0.25, 0.3) is 0 Å². The van der Waals surface area contributed by atoms with Crippen LogP contribution in [0.5, 0.6) is 5.88 Å². The maximum absolute atomic E-state index is 12.3. The second-order valence-corrected chi connectivity index (χ2v) is 9.51. The Kier molecular flexibility index (Phi) is 8.71. The fourth-order valence-electron chi connectivity index (χ4n) is 4.35. The Bertz CT molecular complexity index is 1050. The van der Waals surface area contributed by atoms with Gasteiger partial charge in [0.25, 0.3) is 5.91 Å². The molecule has 3 N–H and O–H groups in total. The van der Waals surface area contributed by atoms with E-state index in [1.165, 1.54) is 5.56 Å². The normalized spacial score (nSPS) is 19.4. The molecule has 1 aromatic heterocycles. The van der Waals surface area contributed by atoms with Crippen LogP contribution in [0.1, 0.15) is 45.1 Å². The number of aliphatic carboxylic acids is 1. The SMILES string of the molecule is CC(C)C(=O)O.O=C(Nc1ccc2c(c1)CCN2c1cc(OC2CCNCC2)ncn1)[C@H]1CCCO1. The van der Waals surface area contributed by atoms with Crippen molar-refractivity contribution < 1.29 is 24.2 Å². The standard InChI is InChI=1S/C22H27N5O3.C4H8O2/c28-22(19-2-1-11-29-19)26-16-3-4-18-15(12-16)7-10-27(18)20-13-21(25-14-24-20)30-17-5-8-23-9-6-17;1-3(2)4(5)6/h3-4,12-14,17,19,23H,1-2,5-11H2,(H,26,28);3H,1-2H3,(H,5,6)/t19-;/m1./s1. The first kappa shape index (κ1) is 25.8. The van der Waals surface area contributed by atoms with Gasteiger partial charge in [-0.1, -0.05) is 13.8 Å². The van der Waals surface area contributed by atoms with Crippen molar-refractivity contribution in [3.63, 3.8) is 0 Å². The first-order chi connectivity index (χ1) is 17.4. The maximum atomic E-state index is 12.3. The smallest absolute Gasteiger partial charge is 0.305 e. The number of amides is 1. The molecule has 1 aromatic carbocycles. The van der Waals surface area contributed by atoms with Crippen LogP contribution < -0.4 is 20.3 Å². The minimum absolute atomic E-state index is 0.0576. The Morgan fingerprint density at radius 2 is 1.97 bits per heavy atom. The van der Waals surface area contributed by atoms with E-state index in [0.29, 0.717) is 12.5 Å². The third-order valence-electron chi connectivity index (χ3n) is 6.44. The first-order valence-corrected chi connectivity index (χ1v) is 12.7. The summed E-state index contributed by atoms with van der Waals surface area (Å²) in [6.07, 6.45) is 6.06. The molecule has 36 heavy (non-hydrogen) atoms. The number of aromatic nitrogens is 2. The van der Waals surface area contributed by atoms with Gasteiger partial charge in [-0.25, -0.2) is 9.97 Å². The van der Waals surface area contributed by atoms with Gasteiger partial charge in [0.1, 0.15) is 24.4 Å². The fourth-order valence-corrected chi connectivity index (χ4v) is 4.35. The molecule has 0 radical (unpaired) electrons. The number of nitrogens with zero attached hydrogens (tertiary/aromatic N) is 3. The lowest BCUT2D eigenvalue weighted by Crippen LogP contribution is -2.34. The monoisotopic (exact) mass is 497 g/mol. The number of fused-ring (bicyclic) bond motifs is 1. The highest BCUT2D eigenvalue weighted by Crippen LogP contribution is 2.36. The molecule has 0 spiro atoms. The Morgan fingerprint density at radius 1 is 1.19 bits per heavy atom. The van der Waals surface area contributed by atoms with Crippen molar-refractivity contribution in [2.75, 3.05) is 36.5 Å². The average Bonchev–Trinajstić information content (AvgIpc) is 3.56. The van der Waals surface area contributed by atoms with Crippen molar-refractivity contribution in [2.45, 2.75) is 58.2 Å². The molecule has 0 bridgehead atoms. The second-order valence-electron chi connectivity index (χ2n) is 9.51. The highest BCUT2D eigenvalue weighted by molar-refractivity contribution is 5.94. The lowest BCUT2D eigenvalue weighted by Gasteiger charge is -2.24. The van der Waals surface area contributed by atoms with Crippen LogP contribution >= 0.6 is 0 Å². The van der Waals surface area contributed by atoms with Gasteiger partial charge in [0.05, 0.1) is 5.92 Å². The molecule has 2 aromatic rings. The number of hydrogen-bond donors (Lipinski definition) is 3. The van der Waals surface area contributed by atoms with E-state index in [9.17, 15) is 9.59 Å². The number of benzene rings is 1. The molecule has 0 unspecified atom stereocenters. The van der Waals surface area contributed by atoms with E-state index in [1.54, 1.807) is 20.2 Å². The first-order valence-electron chi connectivity index (χ1n) is 12.7. The highest BCUT2D eigenvalue weighted by Gasteiger charge is 2.26. The van der Waals surface area contributed by atoms with E-state index < -0.39 is 5.97 Å². The van der Waals surface area contributed by atoms with Crippen molar-refractivity contribution in [3.8, 4) is 5.88 Å². The molecular weight excluding hydrogens is 462 g/mol. The number of ether oxygens (including phenoxy) is 2. The van der Waals surface area contributed by atoms with E-state index in [-0.39, 0.29) is 24.0 Å². The Morgan fingerprint density at radius 3 is 2.67 bits per heavy atom. The highest BCUT2D eigenvalue weighted by atomic mass is 16.5. The predicted octanol–water partition coefficient (Wildman–Crippen LogP) is 3.15. The average molecular weight is 498 g/mol. The summed E-state index contributed by atoms with van der Waals surface area (Å²) in [6.45, 7) is 6.74. The van der Waals surface area contributed by atoms with E-state index >= 15 is 0 Å². The largest absolute Gasteiger partial charge is 0.481 e. The minimum atomic E-state index is -0.741. The van der Waals surface area contributed by atoms with Crippen LogP contribution in [-0.2, 0) is 20.7 Å². The van der Waals surface area contributed by atoms with Gasteiger partial charge in [0, 0.05) is 30.6 Å². The fraction of sp³-hybridized carbons (Fsp3) is 0.538. The predicted molar refractivity (Wildman–Crippen MR) is 136 cm³/mol. The van der Waals surface area contributed by atoms with E-state index in [1.807, 2.05) is 18.2 Å². The second kappa shape index (κ2) is 12.1. The number of piperidine rings is 1. The van der Waals surface area contributed by atoms with Crippen LogP contribution in [0, 0.1) is 5.92 Å².